The maximum atomic E-state index is 11.0. The van der Waals surface area contributed by atoms with Gasteiger partial charge in [-0.15, -0.1) is 0 Å². The molecule has 1 aromatic rings. The van der Waals surface area contributed by atoms with Crippen molar-refractivity contribution in [3.63, 3.8) is 0 Å². The summed E-state index contributed by atoms with van der Waals surface area (Å²) in [5.41, 5.74) is 2.54. The molecule has 2 rings (SSSR count). The fourth-order valence-electron chi connectivity index (χ4n) is 2.40. The van der Waals surface area contributed by atoms with Gasteiger partial charge in [0.2, 0.25) is 0 Å². The van der Waals surface area contributed by atoms with Gasteiger partial charge in [0, 0.05) is 6.42 Å². The summed E-state index contributed by atoms with van der Waals surface area (Å²) in [5, 5.41) is 9.39. The third kappa shape index (κ3) is 2.38. The lowest BCUT2D eigenvalue weighted by Gasteiger charge is -2.23. The van der Waals surface area contributed by atoms with E-state index < -0.39 is 0 Å². The quantitative estimate of drug-likeness (QED) is 0.803. The number of fused-ring (bicyclic) bond motifs is 1. The van der Waals surface area contributed by atoms with Crippen LogP contribution in [0.1, 0.15) is 30.9 Å². The Morgan fingerprint density at radius 3 is 3.00 bits per heavy atom. The second-order valence-electron chi connectivity index (χ2n) is 4.47. The number of aromatic hydroxyl groups is 1. The van der Waals surface area contributed by atoms with Gasteiger partial charge in [0.15, 0.2) is 0 Å². The monoisotopic (exact) mass is 204 g/mol. The van der Waals surface area contributed by atoms with Crippen molar-refractivity contribution in [2.75, 3.05) is 0 Å². The summed E-state index contributed by atoms with van der Waals surface area (Å²) in [7, 11) is 0. The first-order chi connectivity index (χ1) is 7.15. The predicted molar refractivity (Wildman–Crippen MR) is 58.9 cm³/mol. The molecule has 15 heavy (non-hydrogen) atoms. The lowest BCUT2D eigenvalue weighted by molar-refractivity contribution is -0.117. The van der Waals surface area contributed by atoms with Crippen molar-refractivity contribution in [2.24, 2.45) is 5.92 Å². The van der Waals surface area contributed by atoms with Crippen LogP contribution in [0.2, 0.25) is 0 Å². The van der Waals surface area contributed by atoms with E-state index in [1.54, 1.807) is 13.0 Å². The molecule has 0 bridgehead atoms. The number of hydrogen-bond donors (Lipinski definition) is 1. The lowest BCUT2D eigenvalue weighted by Crippen LogP contribution is -2.16. The van der Waals surface area contributed by atoms with Crippen LogP contribution in [0.5, 0.6) is 5.75 Å². The maximum Gasteiger partial charge on any atom is 0.130 e. The number of aryl methyl sites for hydroxylation is 1. The first-order valence-corrected chi connectivity index (χ1v) is 5.45. The highest BCUT2D eigenvalue weighted by atomic mass is 16.3. The van der Waals surface area contributed by atoms with Crippen molar-refractivity contribution < 1.29 is 9.90 Å². The van der Waals surface area contributed by atoms with Gasteiger partial charge in [-0.3, -0.25) is 0 Å². The highest BCUT2D eigenvalue weighted by Gasteiger charge is 2.19. The zero-order valence-electron chi connectivity index (χ0n) is 8.99. The molecule has 1 aliphatic rings. The smallest absolute Gasteiger partial charge is 0.130 e. The average molecular weight is 204 g/mol. The number of benzene rings is 1. The van der Waals surface area contributed by atoms with Crippen molar-refractivity contribution in [2.45, 2.75) is 32.6 Å². The summed E-state index contributed by atoms with van der Waals surface area (Å²) in [6.07, 6.45) is 3.74. The number of ketones is 1. The topological polar surface area (TPSA) is 37.3 Å². The molecule has 0 radical (unpaired) electrons. The number of phenolic OH excluding ortho intramolecular Hbond substituents is 1. The van der Waals surface area contributed by atoms with Crippen LogP contribution < -0.4 is 0 Å². The molecular formula is C13H16O2. The van der Waals surface area contributed by atoms with Crippen LogP contribution >= 0.6 is 0 Å². The second-order valence-corrected chi connectivity index (χ2v) is 4.47. The van der Waals surface area contributed by atoms with E-state index in [0.717, 1.165) is 19.3 Å². The normalized spacial score (nSPS) is 19.7. The average Bonchev–Trinajstić information content (AvgIpc) is 2.16. The van der Waals surface area contributed by atoms with Gasteiger partial charge in [0.25, 0.3) is 0 Å². The van der Waals surface area contributed by atoms with E-state index in [4.69, 9.17) is 0 Å². The molecule has 1 aromatic carbocycles. The van der Waals surface area contributed by atoms with E-state index in [0.29, 0.717) is 18.1 Å². The van der Waals surface area contributed by atoms with Crippen LogP contribution in [0.4, 0.5) is 0 Å². The predicted octanol–water partition coefficient (Wildman–Crippen LogP) is 2.48. The van der Waals surface area contributed by atoms with E-state index in [1.165, 1.54) is 11.1 Å². The Labute approximate surface area is 89.9 Å². The van der Waals surface area contributed by atoms with Crippen LogP contribution in [0.15, 0.2) is 18.2 Å². The number of phenols is 1. The molecule has 0 aliphatic heterocycles. The van der Waals surface area contributed by atoms with Crippen LogP contribution in [0, 0.1) is 5.92 Å². The molecule has 1 atom stereocenters. The van der Waals surface area contributed by atoms with Gasteiger partial charge in [0.1, 0.15) is 11.5 Å². The third-order valence-corrected chi connectivity index (χ3v) is 3.10. The summed E-state index contributed by atoms with van der Waals surface area (Å²) in [6, 6.07) is 5.57. The Bertz CT molecular complexity index is 382. The molecule has 1 unspecified atom stereocenters. The molecule has 1 N–H and O–H groups in total. The summed E-state index contributed by atoms with van der Waals surface area (Å²) in [4.78, 5) is 11.0. The van der Waals surface area contributed by atoms with Crippen molar-refractivity contribution in [1.82, 2.24) is 0 Å². The van der Waals surface area contributed by atoms with Crippen LogP contribution in [0.3, 0.4) is 0 Å². The van der Waals surface area contributed by atoms with Crippen LogP contribution in [-0.4, -0.2) is 10.9 Å². The molecule has 2 heteroatoms. The lowest BCUT2D eigenvalue weighted by atomic mass is 9.81. The van der Waals surface area contributed by atoms with Gasteiger partial charge in [-0.25, -0.2) is 0 Å². The van der Waals surface area contributed by atoms with Gasteiger partial charge >= 0.3 is 0 Å². The number of rotatable bonds is 2. The van der Waals surface area contributed by atoms with Crippen molar-refractivity contribution in [3.05, 3.63) is 29.3 Å². The van der Waals surface area contributed by atoms with E-state index in [-0.39, 0.29) is 5.78 Å². The Hall–Kier alpha value is -1.31. The Kier molecular flexibility index (Phi) is 2.76. The third-order valence-electron chi connectivity index (χ3n) is 3.10. The molecule has 0 saturated heterocycles. The maximum absolute atomic E-state index is 11.0. The first-order valence-electron chi connectivity index (χ1n) is 5.45. The van der Waals surface area contributed by atoms with Gasteiger partial charge in [0.05, 0.1) is 0 Å². The minimum atomic E-state index is 0.267. The molecule has 0 amide bonds. The molecule has 80 valence electrons. The van der Waals surface area contributed by atoms with Gasteiger partial charge in [-0.1, -0.05) is 6.07 Å². The van der Waals surface area contributed by atoms with Gasteiger partial charge < -0.3 is 9.90 Å². The van der Waals surface area contributed by atoms with Crippen LogP contribution in [-0.2, 0) is 17.6 Å². The first kappa shape index (κ1) is 10.2. The van der Waals surface area contributed by atoms with Gasteiger partial charge in [-0.05, 0) is 55.4 Å². The molecule has 2 nitrogen and oxygen atoms in total. The summed E-state index contributed by atoms with van der Waals surface area (Å²) in [5.74, 6) is 1.07. The molecule has 0 saturated carbocycles. The summed E-state index contributed by atoms with van der Waals surface area (Å²) in [6.45, 7) is 1.65. The van der Waals surface area contributed by atoms with Crippen LogP contribution in [0.25, 0.3) is 0 Å². The van der Waals surface area contributed by atoms with Crippen molar-refractivity contribution >= 4 is 5.78 Å². The number of hydrogen-bond acceptors (Lipinski definition) is 2. The molecule has 0 heterocycles. The van der Waals surface area contributed by atoms with E-state index in [2.05, 4.69) is 0 Å². The molecule has 1 aliphatic carbocycles. The zero-order valence-corrected chi connectivity index (χ0v) is 8.99. The number of carbonyl (C=O) groups excluding carboxylic acids is 1. The van der Waals surface area contributed by atoms with E-state index in [9.17, 15) is 9.90 Å². The standard InChI is InChI=1S/C13H16O2/c1-9(14)6-10-2-3-11-4-5-13(15)8-12(11)7-10/h4-5,8,10,15H,2-3,6-7H2,1H3. The number of carbonyl (C=O) groups is 1. The summed E-state index contributed by atoms with van der Waals surface area (Å²) < 4.78 is 0. The Balaban J connectivity index is 2.14. The second kappa shape index (κ2) is 4.05. The summed E-state index contributed by atoms with van der Waals surface area (Å²) >= 11 is 0. The Morgan fingerprint density at radius 1 is 1.47 bits per heavy atom. The number of Topliss-reactive ketones (excluding diaryl/α,β-unsaturated/α-hetero) is 1. The fraction of sp³-hybridized carbons (Fsp3) is 0.462. The Morgan fingerprint density at radius 2 is 2.27 bits per heavy atom. The van der Waals surface area contributed by atoms with Crippen molar-refractivity contribution in [1.29, 1.82) is 0 Å². The minimum Gasteiger partial charge on any atom is -0.508 e. The molecular weight excluding hydrogens is 188 g/mol. The largest absolute Gasteiger partial charge is 0.508 e. The van der Waals surface area contributed by atoms with E-state index in [1.807, 2.05) is 12.1 Å². The SMILES string of the molecule is CC(=O)CC1CCc2ccc(O)cc2C1. The highest BCUT2D eigenvalue weighted by Crippen LogP contribution is 2.29. The van der Waals surface area contributed by atoms with Gasteiger partial charge in [-0.2, -0.15) is 0 Å². The minimum absolute atomic E-state index is 0.267. The molecule has 0 fully saturated rings. The zero-order chi connectivity index (χ0) is 10.8. The molecule has 0 aromatic heterocycles. The van der Waals surface area contributed by atoms with E-state index >= 15 is 0 Å². The van der Waals surface area contributed by atoms with Crippen molar-refractivity contribution in [3.8, 4) is 5.75 Å². The highest BCUT2D eigenvalue weighted by molar-refractivity contribution is 5.75. The fourth-order valence-corrected chi connectivity index (χ4v) is 2.40. The molecule has 0 spiro atoms.